The molecular formula is C14H15N3O6. The topological polar surface area (TPSA) is 114 Å². The highest BCUT2D eigenvalue weighted by Gasteiger charge is 2.26. The van der Waals surface area contributed by atoms with Gasteiger partial charge in [-0.1, -0.05) is 0 Å². The SMILES string of the molecule is COC(=O)c1cc2c(cnn2C(=O)OC(C)(C)C)cc1[N+](=O)[O-]. The molecule has 0 fully saturated rings. The van der Waals surface area contributed by atoms with Crippen LogP contribution in [0.25, 0.3) is 10.9 Å². The molecule has 0 aliphatic carbocycles. The van der Waals surface area contributed by atoms with Crippen LogP contribution in [0.1, 0.15) is 31.1 Å². The van der Waals surface area contributed by atoms with Crippen molar-refractivity contribution < 1.29 is 24.0 Å². The van der Waals surface area contributed by atoms with Crippen LogP contribution < -0.4 is 0 Å². The number of ether oxygens (including phenoxy) is 2. The molecule has 0 bridgehead atoms. The Kier molecular flexibility index (Phi) is 4.04. The summed E-state index contributed by atoms with van der Waals surface area (Å²) in [7, 11) is 1.11. The predicted molar refractivity (Wildman–Crippen MR) is 79.4 cm³/mol. The summed E-state index contributed by atoms with van der Waals surface area (Å²) >= 11 is 0. The highest BCUT2D eigenvalue weighted by atomic mass is 16.6. The second kappa shape index (κ2) is 5.67. The Bertz CT molecular complexity index is 803. The molecule has 0 N–H and O–H groups in total. The first-order valence-corrected chi connectivity index (χ1v) is 6.62. The van der Waals surface area contributed by atoms with Gasteiger partial charge in [-0.25, -0.2) is 9.59 Å². The molecule has 1 heterocycles. The molecule has 0 atom stereocenters. The molecule has 9 heteroatoms. The average molecular weight is 321 g/mol. The third-order valence-corrected chi connectivity index (χ3v) is 2.85. The minimum Gasteiger partial charge on any atom is -0.465 e. The molecule has 1 aromatic carbocycles. The van der Waals surface area contributed by atoms with Gasteiger partial charge in [-0.2, -0.15) is 9.78 Å². The molecule has 0 saturated carbocycles. The molecule has 0 aliphatic rings. The third-order valence-electron chi connectivity index (χ3n) is 2.85. The zero-order valence-corrected chi connectivity index (χ0v) is 13.0. The Morgan fingerprint density at radius 1 is 1.30 bits per heavy atom. The van der Waals surface area contributed by atoms with Gasteiger partial charge in [0.2, 0.25) is 0 Å². The number of nitrogens with zero attached hydrogens (tertiary/aromatic N) is 3. The summed E-state index contributed by atoms with van der Waals surface area (Å²) in [6.45, 7) is 5.09. The van der Waals surface area contributed by atoms with Gasteiger partial charge in [0.1, 0.15) is 11.2 Å². The van der Waals surface area contributed by atoms with E-state index in [9.17, 15) is 19.7 Å². The lowest BCUT2D eigenvalue weighted by Crippen LogP contribution is -2.27. The minimum atomic E-state index is -0.879. The van der Waals surface area contributed by atoms with Gasteiger partial charge in [-0.3, -0.25) is 10.1 Å². The number of nitro groups is 1. The maximum absolute atomic E-state index is 12.1. The van der Waals surface area contributed by atoms with Crippen molar-refractivity contribution >= 4 is 28.7 Å². The summed E-state index contributed by atoms with van der Waals surface area (Å²) in [6, 6.07) is 2.35. The van der Waals surface area contributed by atoms with Gasteiger partial charge in [0.05, 0.1) is 23.7 Å². The largest absolute Gasteiger partial charge is 0.465 e. The molecule has 0 radical (unpaired) electrons. The van der Waals surface area contributed by atoms with E-state index < -0.39 is 28.3 Å². The Hall–Kier alpha value is -2.97. The second-order valence-corrected chi connectivity index (χ2v) is 5.71. The molecule has 0 aliphatic heterocycles. The van der Waals surface area contributed by atoms with E-state index in [0.717, 1.165) is 17.9 Å². The first-order valence-electron chi connectivity index (χ1n) is 6.62. The summed E-state index contributed by atoms with van der Waals surface area (Å²) in [6.07, 6.45) is 0.532. The highest BCUT2D eigenvalue weighted by Crippen LogP contribution is 2.27. The summed E-state index contributed by atoms with van der Waals surface area (Å²) < 4.78 is 10.7. The van der Waals surface area contributed by atoms with Gasteiger partial charge >= 0.3 is 12.1 Å². The number of esters is 1. The Balaban J connectivity index is 2.61. The van der Waals surface area contributed by atoms with Crippen LogP contribution in [0.3, 0.4) is 0 Å². The van der Waals surface area contributed by atoms with Crippen molar-refractivity contribution in [2.24, 2.45) is 0 Å². The zero-order valence-electron chi connectivity index (χ0n) is 13.0. The number of carbonyl (C=O) groups is 2. The molecule has 0 unspecified atom stereocenters. The molecular weight excluding hydrogens is 306 g/mol. The number of hydrogen-bond donors (Lipinski definition) is 0. The summed E-state index contributed by atoms with van der Waals surface area (Å²) in [4.78, 5) is 34.3. The minimum absolute atomic E-state index is 0.213. The van der Waals surface area contributed by atoms with Crippen LogP contribution in [-0.2, 0) is 9.47 Å². The molecule has 23 heavy (non-hydrogen) atoms. The van der Waals surface area contributed by atoms with Crippen LogP contribution in [0.15, 0.2) is 18.3 Å². The monoisotopic (exact) mass is 321 g/mol. The Morgan fingerprint density at radius 2 is 1.96 bits per heavy atom. The number of rotatable bonds is 2. The number of hydrogen-bond acceptors (Lipinski definition) is 7. The number of benzene rings is 1. The molecule has 0 spiro atoms. The zero-order chi connectivity index (χ0) is 17.4. The van der Waals surface area contributed by atoms with Gasteiger partial charge in [0.15, 0.2) is 0 Å². The number of methoxy groups -OCH3 is 1. The normalized spacial score (nSPS) is 11.3. The van der Waals surface area contributed by atoms with Gasteiger partial charge < -0.3 is 9.47 Å². The highest BCUT2D eigenvalue weighted by molar-refractivity contribution is 6.00. The van der Waals surface area contributed by atoms with Crippen molar-refractivity contribution in [3.05, 3.63) is 34.0 Å². The fourth-order valence-electron chi connectivity index (χ4n) is 1.94. The van der Waals surface area contributed by atoms with Crippen molar-refractivity contribution in [3.63, 3.8) is 0 Å². The molecule has 122 valence electrons. The lowest BCUT2D eigenvalue weighted by Gasteiger charge is -2.19. The number of aromatic nitrogens is 2. The van der Waals surface area contributed by atoms with Crippen molar-refractivity contribution in [2.75, 3.05) is 7.11 Å². The van der Waals surface area contributed by atoms with Crippen LogP contribution >= 0.6 is 0 Å². The van der Waals surface area contributed by atoms with Crippen molar-refractivity contribution in [2.45, 2.75) is 26.4 Å². The molecule has 0 amide bonds. The first-order chi connectivity index (χ1) is 10.6. The van der Waals surface area contributed by atoms with Crippen LogP contribution in [0, 0.1) is 10.1 Å². The number of fused-ring (bicyclic) bond motifs is 1. The van der Waals surface area contributed by atoms with Crippen molar-refractivity contribution in [3.8, 4) is 0 Å². The predicted octanol–water partition coefficient (Wildman–Crippen LogP) is 2.51. The van der Waals surface area contributed by atoms with Crippen molar-refractivity contribution in [1.82, 2.24) is 9.78 Å². The summed E-state index contributed by atoms with van der Waals surface area (Å²) in [5.74, 6) is -0.879. The van der Waals surface area contributed by atoms with Crippen LogP contribution in [0.5, 0.6) is 0 Å². The third kappa shape index (κ3) is 3.28. The molecule has 1 aromatic heterocycles. The van der Waals surface area contributed by atoms with Crippen LogP contribution in [0.4, 0.5) is 10.5 Å². The van der Waals surface area contributed by atoms with Crippen LogP contribution in [-0.4, -0.2) is 39.5 Å². The van der Waals surface area contributed by atoms with Gasteiger partial charge in [0, 0.05) is 11.5 Å². The van der Waals surface area contributed by atoms with E-state index in [4.69, 9.17) is 4.74 Å². The quantitative estimate of drug-likeness (QED) is 0.474. The molecule has 2 rings (SSSR count). The van der Waals surface area contributed by atoms with Crippen LogP contribution in [0.2, 0.25) is 0 Å². The Labute approximate surface area is 130 Å². The maximum atomic E-state index is 12.1. The lowest BCUT2D eigenvalue weighted by atomic mass is 10.1. The average Bonchev–Trinajstić information content (AvgIpc) is 2.86. The van der Waals surface area contributed by atoms with E-state index in [1.807, 2.05) is 0 Å². The standard InChI is InChI=1S/C14H15N3O6/c1-14(2,3)23-13(19)16-10-6-9(12(18)22-4)11(17(20)21)5-8(10)7-15-16/h5-7H,1-4H3. The van der Waals surface area contributed by atoms with Gasteiger partial charge in [-0.15, -0.1) is 0 Å². The van der Waals surface area contributed by atoms with E-state index in [2.05, 4.69) is 9.84 Å². The molecule has 0 saturated heterocycles. The summed E-state index contributed by atoms with van der Waals surface area (Å²) in [5, 5.41) is 15.3. The van der Waals surface area contributed by atoms with E-state index in [-0.39, 0.29) is 11.1 Å². The molecule has 2 aromatic rings. The van der Waals surface area contributed by atoms with E-state index in [0.29, 0.717) is 5.39 Å². The van der Waals surface area contributed by atoms with E-state index >= 15 is 0 Å². The smallest absolute Gasteiger partial charge is 0.435 e. The maximum Gasteiger partial charge on any atom is 0.435 e. The summed E-state index contributed by atoms with van der Waals surface area (Å²) in [5.41, 5.74) is -1.21. The fraction of sp³-hybridized carbons (Fsp3) is 0.357. The fourth-order valence-corrected chi connectivity index (χ4v) is 1.94. The second-order valence-electron chi connectivity index (χ2n) is 5.71. The van der Waals surface area contributed by atoms with E-state index in [1.165, 1.54) is 12.3 Å². The van der Waals surface area contributed by atoms with Gasteiger partial charge in [-0.05, 0) is 26.8 Å². The van der Waals surface area contributed by atoms with Crippen molar-refractivity contribution in [1.29, 1.82) is 0 Å². The number of nitro benzene ring substituents is 1. The molecule has 9 nitrogen and oxygen atoms in total. The lowest BCUT2D eigenvalue weighted by molar-refractivity contribution is -0.385. The van der Waals surface area contributed by atoms with Gasteiger partial charge in [0.25, 0.3) is 5.69 Å². The first kappa shape index (κ1) is 16.4. The number of carbonyl (C=O) groups excluding carboxylic acids is 2. The Morgan fingerprint density at radius 3 is 2.48 bits per heavy atom. The van der Waals surface area contributed by atoms with E-state index in [1.54, 1.807) is 20.8 Å².